The lowest BCUT2D eigenvalue weighted by Gasteiger charge is -2.26. The van der Waals surface area contributed by atoms with Crippen molar-refractivity contribution in [1.29, 1.82) is 0 Å². The van der Waals surface area contributed by atoms with Gasteiger partial charge in [0.2, 0.25) is 10.0 Å². The molecule has 0 aromatic heterocycles. The fourth-order valence-corrected chi connectivity index (χ4v) is 4.91. The first-order valence-corrected chi connectivity index (χ1v) is 9.70. The second-order valence-corrected chi connectivity index (χ2v) is 8.45. The van der Waals surface area contributed by atoms with E-state index in [1.54, 1.807) is 30.0 Å². The number of anilines is 1. The Hall–Kier alpha value is -0.720. The molecule has 1 aliphatic rings. The average molecular weight is 314 g/mol. The van der Waals surface area contributed by atoms with Gasteiger partial charge in [-0.05, 0) is 30.7 Å². The highest BCUT2D eigenvalue weighted by molar-refractivity contribution is 8.00. The standard InChI is InChI=1S/C14H22N2O2S2/c1-19-14(8-4-5-9-14)11-16-20(17,18)10-12-6-2-3-7-13(12)15/h2-3,6-7,16H,4-5,8-11,15H2,1H3. The number of hydrogen-bond donors (Lipinski definition) is 2. The minimum Gasteiger partial charge on any atom is -0.398 e. The van der Waals surface area contributed by atoms with Crippen molar-refractivity contribution in [3.8, 4) is 0 Å². The maximum absolute atomic E-state index is 12.2. The molecule has 0 amide bonds. The van der Waals surface area contributed by atoms with Crippen LogP contribution in [0.25, 0.3) is 0 Å². The summed E-state index contributed by atoms with van der Waals surface area (Å²) in [6.45, 7) is 0.517. The molecule has 0 heterocycles. The summed E-state index contributed by atoms with van der Waals surface area (Å²) in [7, 11) is -3.34. The van der Waals surface area contributed by atoms with Crippen molar-refractivity contribution < 1.29 is 8.42 Å². The second kappa shape index (κ2) is 6.37. The maximum Gasteiger partial charge on any atom is 0.215 e. The largest absolute Gasteiger partial charge is 0.398 e. The summed E-state index contributed by atoms with van der Waals surface area (Å²) in [4.78, 5) is 0. The minimum atomic E-state index is -3.34. The summed E-state index contributed by atoms with van der Waals surface area (Å²) in [5.41, 5.74) is 6.99. The third-order valence-electron chi connectivity index (χ3n) is 3.96. The highest BCUT2D eigenvalue weighted by Crippen LogP contribution is 2.39. The lowest BCUT2D eigenvalue weighted by Crippen LogP contribution is -2.39. The summed E-state index contributed by atoms with van der Waals surface area (Å²) in [6, 6.07) is 7.10. The molecule has 2 rings (SSSR count). The topological polar surface area (TPSA) is 72.2 Å². The molecule has 0 unspecified atom stereocenters. The van der Waals surface area contributed by atoms with Gasteiger partial charge in [-0.15, -0.1) is 0 Å². The minimum absolute atomic E-state index is 0.0515. The van der Waals surface area contributed by atoms with Gasteiger partial charge in [0.15, 0.2) is 0 Å². The van der Waals surface area contributed by atoms with Gasteiger partial charge in [0.1, 0.15) is 0 Å². The van der Waals surface area contributed by atoms with Gasteiger partial charge < -0.3 is 5.73 Å². The van der Waals surface area contributed by atoms with E-state index in [4.69, 9.17) is 5.73 Å². The lowest BCUT2D eigenvalue weighted by atomic mass is 10.1. The number of sulfonamides is 1. The SMILES string of the molecule is CSC1(CNS(=O)(=O)Cc2ccccc2N)CCCC1. The van der Waals surface area contributed by atoms with E-state index in [-0.39, 0.29) is 10.5 Å². The monoisotopic (exact) mass is 314 g/mol. The Morgan fingerprint density at radius 3 is 2.55 bits per heavy atom. The van der Waals surface area contributed by atoms with Gasteiger partial charge in [0.05, 0.1) is 5.75 Å². The number of thioether (sulfide) groups is 1. The number of nitrogen functional groups attached to an aromatic ring is 1. The Kier molecular flexibility index (Phi) is 4.99. The van der Waals surface area contributed by atoms with Crippen LogP contribution < -0.4 is 10.5 Å². The zero-order chi connectivity index (χ0) is 14.6. The van der Waals surface area contributed by atoms with E-state index in [0.717, 1.165) is 12.8 Å². The van der Waals surface area contributed by atoms with Crippen LogP contribution in [-0.2, 0) is 15.8 Å². The summed E-state index contributed by atoms with van der Waals surface area (Å²) < 4.78 is 27.2. The Bertz CT molecular complexity index is 552. The first kappa shape index (κ1) is 15.7. The Morgan fingerprint density at radius 2 is 1.95 bits per heavy atom. The van der Waals surface area contributed by atoms with Crippen LogP contribution in [0.1, 0.15) is 31.2 Å². The third kappa shape index (κ3) is 3.90. The predicted octanol–water partition coefficient (Wildman–Crippen LogP) is 2.36. The van der Waals surface area contributed by atoms with Gasteiger partial charge >= 0.3 is 0 Å². The molecule has 0 bridgehead atoms. The number of para-hydroxylation sites is 1. The van der Waals surface area contributed by atoms with Crippen LogP contribution in [0.4, 0.5) is 5.69 Å². The van der Waals surface area contributed by atoms with E-state index < -0.39 is 10.0 Å². The molecule has 0 saturated heterocycles. The summed E-state index contributed by atoms with van der Waals surface area (Å²) in [6.07, 6.45) is 6.62. The van der Waals surface area contributed by atoms with Crippen molar-refractivity contribution >= 4 is 27.5 Å². The van der Waals surface area contributed by atoms with Crippen LogP contribution in [0.3, 0.4) is 0 Å². The molecular formula is C14H22N2O2S2. The average Bonchev–Trinajstić information content (AvgIpc) is 2.89. The molecule has 0 aliphatic heterocycles. The van der Waals surface area contributed by atoms with Crippen molar-refractivity contribution in [1.82, 2.24) is 4.72 Å². The molecule has 1 aliphatic carbocycles. The van der Waals surface area contributed by atoms with Crippen molar-refractivity contribution in [3.05, 3.63) is 29.8 Å². The second-order valence-electron chi connectivity index (χ2n) is 5.37. The van der Waals surface area contributed by atoms with Gasteiger partial charge in [-0.1, -0.05) is 31.0 Å². The molecule has 3 N–H and O–H groups in total. The quantitative estimate of drug-likeness (QED) is 0.791. The Morgan fingerprint density at radius 1 is 1.30 bits per heavy atom. The van der Waals surface area contributed by atoms with E-state index in [0.29, 0.717) is 17.8 Å². The van der Waals surface area contributed by atoms with Crippen LogP contribution in [0.15, 0.2) is 24.3 Å². The molecule has 1 aromatic rings. The number of hydrogen-bond acceptors (Lipinski definition) is 4. The maximum atomic E-state index is 12.2. The van der Waals surface area contributed by atoms with Crippen molar-refractivity contribution in [2.24, 2.45) is 0 Å². The van der Waals surface area contributed by atoms with Gasteiger partial charge in [0, 0.05) is 17.0 Å². The molecule has 6 heteroatoms. The van der Waals surface area contributed by atoms with E-state index in [9.17, 15) is 8.42 Å². The van der Waals surface area contributed by atoms with Gasteiger partial charge in [0.25, 0.3) is 0 Å². The van der Waals surface area contributed by atoms with Crippen LogP contribution in [0.2, 0.25) is 0 Å². The molecule has 0 spiro atoms. The summed E-state index contributed by atoms with van der Waals surface area (Å²) in [5.74, 6) is -0.0515. The smallest absolute Gasteiger partial charge is 0.215 e. The Balaban J connectivity index is 1.99. The number of nitrogens with two attached hydrogens (primary N) is 1. The number of nitrogens with one attached hydrogen (secondary N) is 1. The first-order chi connectivity index (χ1) is 9.46. The fraction of sp³-hybridized carbons (Fsp3) is 0.571. The van der Waals surface area contributed by atoms with Crippen molar-refractivity contribution in [3.63, 3.8) is 0 Å². The van der Waals surface area contributed by atoms with E-state index >= 15 is 0 Å². The van der Waals surface area contributed by atoms with Crippen LogP contribution in [-0.4, -0.2) is 26.0 Å². The predicted molar refractivity (Wildman–Crippen MR) is 86.2 cm³/mol. The molecule has 0 radical (unpaired) electrons. The highest BCUT2D eigenvalue weighted by atomic mass is 32.2. The zero-order valence-electron chi connectivity index (χ0n) is 11.8. The van der Waals surface area contributed by atoms with Gasteiger partial charge in [-0.2, -0.15) is 11.8 Å². The molecule has 1 saturated carbocycles. The van der Waals surface area contributed by atoms with Crippen LogP contribution in [0, 0.1) is 0 Å². The normalized spacial score (nSPS) is 18.2. The molecule has 112 valence electrons. The molecule has 20 heavy (non-hydrogen) atoms. The van der Waals surface area contributed by atoms with E-state index in [1.807, 2.05) is 6.07 Å². The van der Waals surface area contributed by atoms with E-state index in [1.165, 1.54) is 12.8 Å². The fourth-order valence-electron chi connectivity index (χ4n) is 2.64. The molecular weight excluding hydrogens is 292 g/mol. The molecule has 4 nitrogen and oxygen atoms in total. The van der Waals surface area contributed by atoms with Crippen LogP contribution >= 0.6 is 11.8 Å². The number of benzene rings is 1. The molecule has 1 fully saturated rings. The summed E-state index contributed by atoms with van der Waals surface area (Å²) in [5, 5.41) is 0. The Labute approximate surface area is 125 Å². The van der Waals surface area contributed by atoms with E-state index in [2.05, 4.69) is 11.0 Å². The third-order valence-corrected chi connectivity index (χ3v) is 6.66. The van der Waals surface area contributed by atoms with Crippen LogP contribution in [0.5, 0.6) is 0 Å². The first-order valence-electron chi connectivity index (χ1n) is 6.82. The van der Waals surface area contributed by atoms with Gasteiger partial charge in [-0.25, -0.2) is 13.1 Å². The summed E-state index contributed by atoms with van der Waals surface area (Å²) >= 11 is 1.78. The molecule has 1 aromatic carbocycles. The highest BCUT2D eigenvalue weighted by Gasteiger charge is 2.34. The lowest BCUT2D eigenvalue weighted by molar-refractivity contribution is 0.550. The zero-order valence-corrected chi connectivity index (χ0v) is 13.4. The van der Waals surface area contributed by atoms with Crippen molar-refractivity contribution in [2.75, 3.05) is 18.5 Å². The van der Waals surface area contributed by atoms with Crippen molar-refractivity contribution in [2.45, 2.75) is 36.2 Å². The number of rotatable bonds is 6. The molecule has 0 atom stereocenters. The van der Waals surface area contributed by atoms with Gasteiger partial charge in [-0.3, -0.25) is 0 Å².